The topological polar surface area (TPSA) is 91.1 Å². The lowest BCUT2D eigenvalue weighted by atomic mass is 10.1. The van der Waals surface area contributed by atoms with Crippen LogP contribution in [0.25, 0.3) is 10.9 Å². The standard InChI is InChI=1S/C23H21N3O3S/c1-15-16(2)24-20-13-12-17(14-19(15)20)23(27)25-21-10-6-7-11-22(21)30(28,29)26-18-8-4-3-5-9-18/h3-14,24,26H,1-2H3,(H,25,27). The zero-order valence-corrected chi connectivity index (χ0v) is 17.4. The summed E-state index contributed by atoms with van der Waals surface area (Å²) in [5.41, 5.74) is 4.19. The van der Waals surface area contributed by atoms with Crippen molar-refractivity contribution in [3.8, 4) is 0 Å². The zero-order chi connectivity index (χ0) is 21.3. The highest BCUT2D eigenvalue weighted by Gasteiger charge is 2.20. The molecule has 0 saturated carbocycles. The van der Waals surface area contributed by atoms with E-state index >= 15 is 0 Å². The number of aryl methyl sites for hydroxylation is 2. The van der Waals surface area contributed by atoms with Crippen LogP contribution in [-0.4, -0.2) is 19.3 Å². The number of anilines is 2. The van der Waals surface area contributed by atoms with Crippen molar-refractivity contribution >= 4 is 38.2 Å². The van der Waals surface area contributed by atoms with Crippen LogP contribution in [0.1, 0.15) is 21.6 Å². The van der Waals surface area contributed by atoms with Gasteiger partial charge in [0.25, 0.3) is 15.9 Å². The number of rotatable bonds is 5. The van der Waals surface area contributed by atoms with Crippen LogP contribution in [0, 0.1) is 13.8 Å². The van der Waals surface area contributed by atoms with Crippen molar-refractivity contribution in [2.24, 2.45) is 0 Å². The molecule has 0 bridgehead atoms. The molecule has 0 atom stereocenters. The first-order valence-corrected chi connectivity index (χ1v) is 10.9. The molecule has 0 aliphatic rings. The Bertz CT molecular complexity index is 1340. The molecule has 30 heavy (non-hydrogen) atoms. The zero-order valence-electron chi connectivity index (χ0n) is 16.6. The lowest BCUT2D eigenvalue weighted by Crippen LogP contribution is -2.18. The SMILES string of the molecule is Cc1[nH]c2ccc(C(=O)Nc3ccccc3S(=O)(=O)Nc3ccccc3)cc2c1C. The van der Waals surface area contributed by atoms with Gasteiger partial charge in [0.1, 0.15) is 4.90 Å². The molecule has 3 aromatic carbocycles. The summed E-state index contributed by atoms with van der Waals surface area (Å²) in [6.45, 7) is 3.98. The number of hydrogen-bond donors (Lipinski definition) is 3. The number of nitrogens with one attached hydrogen (secondary N) is 3. The Morgan fingerprint density at radius 1 is 0.900 bits per heavy atom. The number of carbonyl (C=O) groups is 1. The molecule has 0 fully saturated rings. The van der Waals surface area contributed by atoms with Gasteiger partial charge in [-0.05, 0) is 61.9 Å². The first-order valence-electron chi connectivity index (χ1n) is 9.42. The van der Waals surface area contributed by atoms with Crippen molar-refractivity contribution in [2.75, 3.05) is 10.0 Å². The molecule has 4 rings (SSSR count). The van der Waals surface area contributed by atoms with Crippen molar-refractivity contribution < 1.29 is 13.2 Å². The Hall–Kier alpha value is -3.58. The average molecular weight is 420 g/mol. The minimum atomic E-state index is -3.88. The number of H-pyrrole nitrogens is 1. The lowest BCUT2D eigenvalue weighted by molar-refractivity contribution is 0.102. The molecule has 152 valence electrons. The quantitative estimate of drug-likeness (QED) is 0.432. The first-order chi connectivity index (χ1) is 14.3. The van der Waals surface area contributed by atoms with Gasteiger partial charge in [0.2, 0.25) is 0 Å². The molecule has 3 N–H and O–H groups in total. The van der Waals surface area contributed by atoms with Crippen molar-refractivity contribution in [3.63, 3.8) is 0 Å². The molecule has 1 aromatic heterocycles. The summed E-state index contributed by atoms with van der Waals surface area (Å²) in [7, 11) is -3.88. The Balaban J connectivity index is 1.64. The first kappa shape index (κ1) is 19.7. The molecule has 1 heterocycles. The smallest absolute Gasteiger partial charge is 0.263 e. The fourth-order valence-electron chi connectivity index (χ4n) is 3.32. The summed E-state index contributed by atoms with van der Waals surface area (Å²) in [5.74, 6) is -0.377. The van der Waals surface area contributed by atoms with E-state index in [0.717, 1.165) is 22.2 Å². The van der Waals surface area contributed by atoms with Gasteiger partial charge in [-0.15, -0.1) is 0 Å². The number of hydrogen-bond acceptors (Lipinski definition) is 3. The lowest BCUT2D eigenvalue weighted by Gasteiger charge is -2.13. The number of sulfonamides is 1. The summed E-state index contributed by atoms with van der Waals surface area (Å²) >= 11 is 0. The maximum Gasteiger partial charge on any atom is 0.263 e. The molecule has 1 amide bonds. The second kappa shape index (κ2) is 7.68. The summed E-state index contributed by atoms with van der Waals surface area (Å²) in [6, 6.07) is 20.3. The molecule has 0 aliphatic carbocycles. The van der Waals surface area contributed by atoms with Gasteiger partial charge < -0.3 is 10.3 Å². The van der Waals surface area contributed by atoms with E-state index in [-0.39, 0.29) is 16.5 Å². The molecule has 0 saturated heterocycles. The molecule has 4 aromatic rings. The van der Waals surface area contributed by atoms with Crippen LogP contribution >= 0.6 is 0 Å². The van der Waals surface area contributed by atoms with Crippen LogP contribution in [-0.2, 0) is 10.0 Å². The molecule has 0 spiro atoms. The number of aromatic amines is 1. The van der Waals surface area contributed by atoms with Gasteiger partial charge in [0, 0.05) is 27.8 Å². The highest BCUT2D eigenvalue weighted by Crippen LogP contribution is 2.26. The van der Waals surface area contributed by atoms with Gasteiger partial charge in [0.05, 0.1) is 5.69 Å². The Morgan fingerprint density at radius 2 is 1.60 bits per heavy atom. The molecule has 0 unspecified atom stereocenters. The summed E-state index contributed by atoms with van der Waals surface area (Å²) in [5, 5.41) is 3.71. The average Bonchev–Trinajstić information content (AvgIpc) is 3.02. The van der Waals surface area contributed by atoms with Gasteiger partial charge in [-0.2, -0.15) is 0 Å². The number of benzene rings is 3. The molecule has 7 heteroatoms. The van der Waals surface area contributed by atoms with Gasteiger partial charge in [-0.3, -0.25) is 9.52 Å². The van der Waals surface area contributed by atoms with Crippen molar-refractivity contribution in [2.45, 2.75) is 18.7 Å². The van der Waals surface area contributed by atoms with E-state index in [9.17, 15) is 13.2 Å². The Labute approximate surface area is 175 Å². The van der Waals surface area contributed by atoms with E-state index in [2.05, 4.69) is 15.0 Å². The highest BCUT2D eigenvalue weighted by atomic mass is 32.2. The second-order valence-corrected chi connectivity index (χ2v) is 8.71. The molecular formula is C23H21N3O3S. The molecule has 0 aliphatic heterocycles. The minimum Gasteiger partial charge on any atom is -0.358 e. The van der Waals surface area contributed by atoms with Crippen LogP contribution in [0.3, 0.4) is 0 Å². The predicted octanol–water partition coefficient (Wildman–Crippen LogP) is 4.84. The summed E-state index contributed by atoms with van der Waals surface area (Å²) in [6.07, 6.45) is 0. The van der Waals surface area contributed by atoms with Crippen LogP contribution in [0.2, 0.25) is 0 Å². The van der Waals surface area contributed by atoms with E-state index in [1.807, 2.05) is 26.0 Å². The van der Waals surface area contributed by atoms with Crippen LogP contribution < -0.4 is 10.0 Å². The van der Waals surface area contributed by atoms with Crippen LogP contribution in [0.15, 0.2) is 77.7 Å². The van der Waals surface area contributed by atoms with Crippen LogP contribution in [0.4, 0.5) is 11.4 Å². The van der Waals surface area contributed by atoms with Gasteiger partial charge in [-0.25, -0.2) is 8.42 Å². The predicted molar refractivity (Wildman–Crippen MR) is 119 cm³/mol. The second-order valence-electron chi connectivity index (χ2n) is 7.06. The number of aromatic nitrogens is 1. The number of carbonyl (C=O) groups excluding carboxylic acids is 1. The van der Waals surface area contributed by atoms with E-state index in [0.29, 0.717) is 11.3 Å². The third-order valence-corrected chi connectivity index (χ3v) is 6.46. The largest absolute Gasteiger partial charge is 0.358 e. The van der Waals surface area contributed by atoms with Gasteiger partial charge >= 0.3 is 0 Å². The Kier molecular flexibility index (Phi) is 5.05. The fourth-order valence-corrected chi connectivity index (χ4v) is 4.54. The van der Waals surface area contributed by atoms with Crippen LogP contribution in [0.5, 0.6) is 0 Å². The third-order valence-electron chi connectivity index (χ3n) is 5.02. The summed E-state index contributed by atoms with van der Waals surface area (Å²) < 4.78 is 28.3. The number of para-hydroxylation sites is 2. The normalized spacial score (nSPS) is 11.4. The van der Waals surface area contributed by atoms with E-state index in [1.165, 1.54) is 6.07 Å². The maximum atomic E-state index is 12.9. The van der Waals surface area contributed by atoms with E-state index in [4.69, 9.17) is 0 Å². The number of amides is 1. The third kappa shape index (κ3) is 3.79. The van der Waals surface area contributed by atoms with Crippen molar-refractivity contribution in [3.05, 3.63) is 89.6 Å². The molecular weight excluding hydrogens is 398 g/mol. The van der Waals surface area contributed by atoms with E-state index < -0.39 is 10.0 Å². The molecule has 6 nitrogen and oxygen atoms in total. The monoisotopic (exact) mass is 419 g/mol. The molecule has 0 radical (unpaired) electrons. The summed E-state index contributed by atoms with van der Waals surface area (Å²) in [4.78, 5) is 16.1. The van der Waals surface area contributed by atoms with Crippen molar-refractivity contribution in [1.82, 2.24) is 4.98 Å². The highest BCUT2D eigenvalue weighted by molar-refractivity contribution is 7.92. The maximum absolute atomic E-state index is 12.9. The number of fused-ring (bicyclic) bond motifs is 1. The van der Waals surface area contributed by atoms with E-state index in [1.54, 1.807) is 54.6 Å². The Morgan fingerprint density at radius 3 is 2.37 bits per heavy atom. The fraction of sp³-hybridized carbons (Fsp3) is 0.0870. The van der Waals surface area contributed by atoms with Crippen molar-refractivity contribution in [1.29, 1.82) is 0 Å². The van der Waals surface area contributed by atoms with Gasteiger partial charge in [-0.1, -0.05) is 30.3 Å². The van der Waals surface area contributed by atoms with Gasteiger partial charge in [0.15, 0.2) is 0 Å². The minimum absolute atomic E-state index is 0.00282.